The molecule has 160 valence electrons. The average molecular weight is 420 g/mol. The fraction of sp³-hybridized carbons (Fsp3) is 0.750. The molecule has 1 aliphatic heterocycles. The number of carbonyl (C=O) groups is 4. The fourth-order valence-electron chi connectivity index (χ4n) is 2.67. The topological polar surface area (TPSA) is 177 Å². The number of hydrogen-bond acceptors (Lipinski definition) is 8. The Morgan fingerprint density at radius 3 is 2.07 bits per heavy atom. The minimum Gasteiger partial charge on any atom is -0.480 e. The molecule has 1 aliphatic rings. The Balaban J connectivity index is 2.75. The van der Waals surface area contributed by atoms with E-state index in [1.807, 2.05) is 0 Å². The van der Waals surface area contributed by atoms with Crippen molar-refractivity contribution in [2.75, 3.05) is 12.3 Å². The largest absolute Gasteiger partial charge is 0.480 e. The van der Waals surface area contributed by atoms with Gasteiger partial charge in [-0.3, -0.25) is 14.4 Å². The van der Waals surface area contributed by atoms with E-state index >= 15 is 0 Å². The van der Waals surface area contributed by atoms with Crippen LogP contribution >= 0.6 is 12.6 Å². The third kappa shape index (κ3) is 6.93. The van der Waals surface area contributed by atoms with E-state index in [-0.39, 0.29) is 5.75 Å². The zero-order valence-corrected chi connectivity index (χ0v) is 16.6. The predicted octanol–water partition coefficient (Wildman–Crippen LogP) is -3.03. The molecule has 1 saturated heterocycles. The summed E-state index contributed by atoms with van der Waals surface area (Å²) in [6.07, 6.45) is -1.17. The molecule has 1 fully saturated rings. The zero-order chi connectivity index (χ0) is 21.4. The first-order valence-electron chi connectivity index (χ1n) is 8.92. The molecule has 0 radical (unpaired) electrons. The number of carbonyl (C=O) groups excluding carboxylic acids is 3. The van der Waals surface area contributed by atoms with Crippen molar-refractivity contribution in [3.63, 3.8) is 0 Å². The van der Waals surface area contributed by atoms with E-state index in [4.69, 9.17) is 5.11 Å². The van der Waals surface area contributed by atoms with Crippen LogP contribution in [0.25, 0.3) is 0 Å². The molecule has 3 amide bonds. The van der Waals surface area contributed by atoms with Crippen LogP contribution in [0.4, 0.5) is 0 Å². The summed E-state index contributed by atoms with van der Waals surface area (Å²) in [4.78, 5) is 48.0. The number of carboxylic acid groups (broad SMARTS) is 1. The molecule has 7 N–H and O–H groups in total. The van der Waals surface area contributed by atoms with Crippen molar-refractivity contribution in [2.45, 2.75) is 63.1 Å². The molecule has 0 aromatic rings. The number of amides is 3. The summed E-state index contributed by atoms with van der Waals surface area (Å²) < 4.78 is 0. The molecular weight excluding hydrogens is 392 g/mol. The molecule has 0 bridgehead atoms. The van der Waals surface area contributed by atoms with Crippen LogP contribution in [0.3, 0.4) is 0 Å². The highest BCUT2D eigenvalue weighted by Crippen LogP contribution is 2.06. The number of rotatable bonds is 10. The molecule has 12 heteroatoms. The van der Waals surface area contributed by atoms with Crippen molar-refractivity contribution in [3.05, 3.63) is 0 Å². The Hall–Kier alpha value is -1.89. The molecule has 0 aliphatic carbocycles. The van der Waals surface area contributed by atoms with Gasteiger partial charge in [-0.25, -0.2) is 4.79 Å². The van der Waals surface area contributed by atoms with E-state index in [1.165, 1.54) is 13.8 Å². The Morgan fingerprint density at radius 2 is 1.64 bits per heavy atom. The Labute approximate surface area is 168 Å². The Kier molecular flexibility index (Phi) is 9.65. The summed E-state index contributed by atoms with van der Waals surface area (Å²) in [5, 5.41) is 38.2. The van der Waals surface area contributed by atoms with Gasteiger partial charge in [0.25, 0.3) is 0 Å². The van der Waals surface area contributed by atoms with Crippen molar-refractivity contribution in [3.8, 4) is 0 Å². The molecule has 6 atom stereocenters. The number of aliphatic carboxylic acids is 1. The Bertz CT molecular complexity index is 581. The lowest BCUT2D eigenvalue weighted by Gasteiger charge is -2.26. The molecule has 1 rings (SSSR count). The number of thiol groups is 1. The fourth-order valence-corrected chi connectivity index (χ4v) is 2.92. The van der Waals surface area contributed by atoms with Crippen molar-refractivity contribution in [2.24, 2.45) is 0 Å². The van der Waals surface area contributed by atoms with Crippen molar-refractivity contribution < 1.29 is 34.5 Å². The van der Waals surface area contributed by atoms with Crippen LogP contribution in [-0.4, -0.2) is 87.7 Å². The van der Waals surface area contributed by atoms with Gasteiger partial charge in [0.2, 0.25) is 17.7 Å². The maximum atomic E-state index is 12.5. The third-order valence-electron chi connectivity index (χ3n) is 4.30. The van der Waals surface area contributed by atoms with Crippen LogP contribution in [-0.2, 0) is 19.2 Å². The number of aliphatic hydroxyl groups excluding tert-OH is 2. The number of nitrogens with one attached hydrogen (secondary N) is 4. The molecule has 1 heterocycles. The summed E-state index contributed by atoms with van der Waals surface area (Å²) >= 11 is 3.97. The minimum absolute atomic E-state index is 0.172. The van der Waals surface area contributed by atoms with Crippen LogP contribution < -0.4 is 21.3 Å². The van der Waals surface area contributed by atoms with Gasteiger partial charge in [-0.05, 0) is 33.2 Å². The van der Waals surface area contributed by atoms with Gasteiger partial charge in [0, 0.05) is 5.75 Å². The number of hydrogen-bond donors (Lipinski definition) is 8. The van der Waals surface area contributed by atoms with Gasteiger partial charge in [0.05, 0.1) is 18.2 Å². The lowest BCUT2D eigenvalue weighted by molar-refractivity contribution is -0.145. The lowest BCUT2D eigenvalue weighted by Crippen LogP contribution is -2.60. The summed E-state index contributed by atoms with van der Waals surface area (Å²) in [7, 11) is 0. The highest BCUT2D eigenvalue weighted by Gasteiger charge is 2.33. The third-order valence-corrected chi connectivity index (χ3v) is 4.67. The summed E-state index contributed by atoms with van der Waals surface area (Å²) in [5.74, 6) is -3.74. The molecule has 0 aromatic heterocycles. The van der Waals surface area contributed by atoms with Crippen molar-refractivity contribution in [1.82, 2.24) is 21.3 Å². The molecule has 0 saturated carbocycles. The second-order valence-corrected chi connectivity index (χ2v) is 7.05. The molecule has 11 nitrogen and oxygen atoms in total. The van der Waals surface area contributed by atoms with Crippen LogP contribution in [0.5, 0.6) is 0 Å². The Morgan fingerprint density at radius 1 is 1.04 bits per heavy atom. The van der Waals surface area contributed by atoms with Crippen LogP contribution in [0.2, 0.25) is 0 Å². The van der Waals surface area contributed by atoms with Gasteiger partial charge in [-0.1, -0.05) is 0 Å². The van der Waals surface area contributed by atoms with E-state index in [0.717, 1.165) is 6.42 Å². The second kappa shape index (κ2) is 11.2. The van der Waals surface area contributed by atoms with Crippen LogP contribution in [0.1, 0.15) is 26.7 Å². The van der Waals surface area contributed by atoms with E-state index in [0.29, 0.717) is 13.0 Å². The first kappa shape index (κ1) is 24.1. The SMILES string of the molecule is CC(O)C(NC(=O)C(CS)NC(=O)C(NC(=O)C1CCCN1)C(C)O)C(=O)O. The normalized spacial score (nSPS) is 21.7. The zero-order valence-electron chi connectivity index (χ0n) is 15.7. The van der Waals surface area contributed by atoms with E-state index < -0.39 is 60.1 Å². The first-order valence-corrected chi connectivity index (χ1v) is 9.56. The van der Waals surface area contributed by atoms with Crippen LogP contribution in [0.15, 0.2) is 0 Å². The van der Waals surface area contributed by atoms with Gasteiger partial charge in [0.1, 0.15) is 12.1 Å². The van der Waals surface area contributed by atoms with Gasteiger partial charge < -0.3 is 36.6 Å². The van der Waals surface area contributed by atoms with Crippen LogP contribution in [0, 0.1) is 0 Å². The second-order valence-electron chi connectivity index (χ2n) is 6.68. The molecule has 28 heavy (non-hydrogen) atoms. The lowest BCUT2D eigenvalue weighted by atomic mass is 10.1. The van der Waals surface area contributed by atoms with Gasteiger partial charge in [-0.2, -0.15) is 12.6 Å². The van der Waals surface area contributed by atoms with E-state index in [2.05, 4.69) is 33.9 Å². The highest BCUT2D eigenvalue weighted by molar-refractivity contribution is 7.80. The quantitative estimate of drug-likeness (QED) is 0.172. The molecular formula is C16H28N4O7S. The number of aliphatic hydroxyl groups is 2. The van der Waals surface area contributed by atoms with Gasteiger partial charge in [-0.15, -0.1) is 0 Å². The standard InChI is InChI=1S/C16H28N4O7S/c1-7(21)11(19-13(23)9-4-3-5-17-9)15(25)18-10(6-28)14(24)20-12(8(2)22)16(26)27/h7-12,17,21-22,28H,3-6H2,1-2H3,(H,18,25)(H,19,23)(H,20,24)(H,26,27). The summed E-state index contributed by atoms with van der Waals surface area (Å²) in [6, 6.07) is -4.57. The van der Waals surface area contributed by atoms with Gasteiger partial charge >= 0.3 is 5.97 Å². The smallest absolute Gasteiger partial charge is 0.328 e. The predicted molar refractivity (Wildman–Crippen MR) is 102 cm³/mol. The summed E-state index contributed by atoms with van der Waals surface area (Å²) in [6.45, 7) is 3.19. The molecule has 0 aromatic carbocycles. The minimum atomic E-state index is -1.56. The van der Waals surface area contributed by atoms with E-state index in [1.54, 1.807) is 0 Å². The van der Waals surface area contributed by atoms with E-state index in [9.17, 15) is 29.4 Å². The maximum Gasteiger partial charge on any atom is 0.328 e. The first-order chi connectivity index (χ1) is 13.1. The monoisotopic (exact) mass is 420 g/mol. The maximum absolute atomic E-state index is 12.5. The van der Waals surface area contributed by atoms with Gasteiger partial charge in [0.15, 0.2) is 6.04 Å². The van der Waals surface area contributed by atoms with Crippen molar-refractivity contribution >= 4 is 36.3 Å². The average Bonchev–Trinajstić information content (AvgIpc) is 3.15. The molecule has 6 unspecified atom stereocenters. The molecule has 0 spiro atoms. The number of carboxylic acids is 1. The summed E-state index contributed by atoms with van der Waals surface area (Å²) in [5.41, 5.74) is 0. The van der Waals surface area contributed by atoms with Crippen molar-refractivity contribution in [1.29, 1.82) is 0 Å². The highest BCUT2D eigenvalue weighted by atomic mass is 32.1.